The number of nitrogens with zero attached hydrogens (tertiary/aromatic N) is 2. The number of amides is 3. The summed E-state index contributed by atoms with van der Waals surface area (Å²) in [4.78, 5) is 25.6. The van der Waals surface area contributed by atoms with Crippen LogP contribution in [-0.4, -0.2) is 48.5 Å². The Kier molecular flexibility index (Phi) is 3.36. The third-order valence-electron chi connectivity index (χ3n) is 2.69. The maximum Gasteiger partial charge on any atom is 0.327 e. The zero-order valence-electron chi connectivity index (χ0n) is 10.1. The van der Waals surface area contributed by atoms with Gasteiger partial charge in [-0.05, 0) is 24.3 Å². The Morgan fingerprint density at radius 1 is 1.28 bits per heavy atom. The second kappa shape index (κ2) is 4.95. The summed E-state index contributed by atoms with van der Waals surface area (Å²) in [5.41, 5.74) is 6.21. The summed E-state index contributed by atoms with van der Waals surface area (Å²) in [6.07, 6.45) is 0. The number of imide groups is 1. The van der Waals surface area contributed by atoms with Crippen LogP contribution in [0.4, 0.5) is 10.5 Å². The highest BCUT2D eigenvalue weighted by molar-refractivity contribution is 6.01. The maximum absolute atomic E-state index is 11.6. The average molecular weight is 249 g/mol. The number of anilines is 1. The van der Waals surface area contributed by atoms with Gasteiger partial charge in [0.25, 0.3) is 0 Å². The van der Waals surface area contributed by atoms with Crippen LogP contribution in [0.2, 0.25) is 0 Å². The third-order valence-corrected chi connectivity index (χ3v) is 2.69. The largest absolute Gasteiger partial charge is 0.492 e. The molecular weight excluding hydrogens is 234 g/mol. The number of hydrogen-bond donors (Lipinski definition) is 1. The number of likely N-dealkylation sites (N-methyl/N-ethyl adjacent to an activating group) is 1. The molecule has 1 aromatic rings. The topological polar surface area (TPSA) is 75.9 Å². The van der Waals surface area contributed by atoms with Gasteiger partial charge in [-0.25, -0.2) is 4.79 Å². The van der Waals surface area contributed by atoms with Crippen molar-refractivity contribution in [3.05, 3.63) is 24.3 Å². The van der Waals surface area contributed by atoms with E-state index < -0.39 is 0 Å². The molecular formula is C12H15N3O3. The lowest BCUT2D eigenvalue weighted by Crippen LogP contribution is -2.35. The zero-order chi connectivity index (χ0) is 13.1. The average Bonchev–Trinajstić information content (AvgIpc) is 2.58. The quantitative estimate of drug-likeness (QED) is 0.624. The molecule has 0 spiro atoms. The molecule has 1 saturated heterocycles. The maximum atomic E-state index is 11.6. The van der Waals surface area contributed by atoms with Crippen molar-refractivity contribution in [3.8, 4) is 5.75 Å². The molecule has 2 rings (SSSR count). The molecule has 3 amide bonds. The molecule has 0 saturated carbocycles. The van der Waals surface area contributed by atoms with Crippen LogP contribution in [0, 0.1) is 0 Å². The van der Waals surface area contributed by atoms with E-state index in [-0.39, 0.29) is 31.6 Å². The molecule has 96 valence electrons. The summed E-state index contributed by atoms with van der Waals surface area (Å²) in [6.45, 7) is 0.669. The molecule has 6 nitrogen and oxygen atoms in total. The highest BCUT2D eigenvalue weighted by atomic mass is 16.5. The highest BCUT2D eigenvalue weighted by Gasteiger charge is 2.32. The Labute approximate surface area is 105 Å². The summed E-state index contributed by atoms with van der Waals surface area (Å²) in [5.74, 6) is 0.472. The van der Waals surface area contributed by atoms with Gasteiger partial charge >= 0.3 is 6.03 Å². The molecule has 1 aliphatic heterocycles. The normalized spacial score (nSPS) is 15.4. The van der Waals surface area contributed by atoms with E-state index in [1.54, 1.807) is 31.3 Å². The molecule has 0 aromatic heterocycles. The van der Waals surface area contributed by atoms with Gasteiger partial charge < -0.3 is 15.4 Å². The van der Waals surface area contributed by atoms with E-state index in [0.29, 0.717) is 11.4 Å². The van der Waals surface area contributed by atoms with Crippen molar-refractivity contribution in [2.24, 2.45) is 0 Å². The summed E-state index contributed by atoms with van der Waals surface area (Å²) in [7, 11) is 1.60. The Bertz CT molecular complexity index is 458. The van der Waals surface area contributed by atoms with Crippen LogP contribution in [0.1, 0.15) is 0 Å². The number of urea groups is 1. The van der Waals surface area contributed by atoms with Crippen molar-refractivity contribution >= 4 is 17.6 Å². The van der Waals surface area contributed by atoms with E-state index in [9.17, 15) is 9.59 Å². The van der Waals surface area contributed by atoms with Gasteiger partial charge in [0.15, 0.2) is 0 Å². The second-order valence-electron chi connectivity index (χ2n) is 4.10. The number of carbonyl (C=O) groups is 2. The first-order valence-corrected chi connectivity index (χ1v) is 5.62. The monoisotopic (exact) mass is 249 g/mol. The first-order chi connectivity index (χ1) is 8.58. The van der Waals surface area contributed by atoms with Gasteiger partial charge in [0.05, 0.1) is 6.54 Å². The van der Waals surface area contributed by atoms with E-state index in [2.05, 4.69) is 0 Å². The highest BCUT2D eigenvalue weighted by Crippen LogP contribution is 2.13. The minimum absolute atomic E-state index is 0.140. The Morgan fingerprint density at radius 2 is 1.94 bits per heavy atom. The summed E-state index contributed by atoms with van der Waals surface area (Å²) in [6, 6.07) is 6.68. The first kappa shape index (κ1) is 12.2. The van der Waals surface area contributed by atoms with E-state index in [4.69, 9.17) is 10.5 Å². The molecule has 0 aliphatic carbocycles. The van der Waals surface area contributed by atoms with Gasteiger partial charge in [0.1, 0.15) is 18.9 Å². The van der Waals surface area contributed by atoms with Gasteiger partial charge in [-0.15, -0.1) is 0 Å². The number of ether oxygens (including phenoxy) is 1. The van der Waals surface area contributed by atoms with Crippen molar-refractivity contribution in [3.63, 3.8) is 0 Å². The van der Waals surface area contributed by atoms with E-state index in [1.807, 2.05) is 0 Å². The molecule has 1 aromatic carbocycles. The lowest BCUT2D eigenvalue weighted by atomic mass is 10.3. The smallest absolute Gasteiger partial charge is 0.327 e. The molecule has 0 atom stereocenters. The molecule has 1 aliphatic rings. The summed E-state index contributed by atoms with van der Waals surface area (Å²) >= 11 is 0. The van der Waals surface area contributed by atoms with Gasteiger partial charge in [-0.2, -0.15) is 0 Å². The molecule has 18 heavy (non-hydrogen) atoms. The van der Waals surface area contributed by atoms with E-state index >= 15 is 0 Å². The number of nitrogens with two attached hydrogens (primary N) is 1. The fourth-order valence-corrected chi connectivity index (χ4v) is 1.71. The third kappa shape index (κ3) is 2.53. The molecule has 0 radical (unpaired) electrons. The van der Waals surface area contributed by atoms with Crippen LogP contribution in [0.5, 0.6) is 5.75 Å². The molecule has 6 heteroatoms. The number of nitrogen functional groups attached to an aromatic ring is 1. The van der Waals surface area contributed by atoms with Crippen LogP contribution in [-0.2, 0) is 4.79 Å². The number of carbonyl (C=O) groups excluding carboxylic acids is 2. The predicted octanol–water partition coefficient (Wildman–Crippen LogP) is 0.542. The van der Waals surface area contributed by atoms with Gasteiger partial charge in [0, 0.05) is 12.7 Å². The molecule has 0 unspecified atom stereocenters. The standard InChI is InChI=1S/C12H15N3O3/c1-14-8-11(16)15(12(14)17)6-7-18-10-4-2-9(13)3-5-10/h2-5H,6-8,13H2,1H3. The minimum Gasteiger partial charge on any atom is -0.492 e. The van der Waals surface area contributed by atoms with Gasteiger partial charge in [-0.1, -0.05) is 0 Å². The molecule has 2 N–H and O–H groups in total. The molecule has 1 fully saturated rings. The fraction of sp³-hybridized carbons (Fsp3) is 0.333. The number of rotatable bonds is 4. The minimum atomic E-state index is -0.277. The molecule has 1 heterocycles. The van der Waals surface area contributed by atoms with Crippen LogP contribution in [0.25, 0.3) is 0 Å². The van der Waals surface area contributed by atoms with Crippen molar-refractivity contribution in [2.45, 2.75) is 0 Å². The number of benzene rings is 1. The lowest BCUT2D eigenvalue weighted by Gasteiger charge is -2.14. The summed E-state index contributed by atoms with van der Waals surface area (Å²) < 4.78 is 5.43. The Hall–Kier alpha value is -2.24. The summed E-state index contributed by atoms with van der Waals surface area (Å²) in [5, 5.41) is 0. The van der Waals surface area contributed by atoms with E-state index in [1.165, 1.54) is 9.80 Å². The lowest BCUT2D eigenvalue weighted by molar-refractivity contribution is -0.125. The fourth-order valence-electron chi connectivity index (χ4n) is 1.71. The van der Waals surface area contributed by atoms with E-state index in [0.717, 1.165) is 0 Å². The Morgan fingerprint density at radius 3 is 2.50 bits per heavy atom. The van der Waals surface area contributed by atoms with Crippen molar-refractivity contribution in [1.82, 2.24) is 9.80 Å². The zero-order valence-corrected chi connectivity index (χ0v) is 10.1. The van der Waals surface area contributed by atoms with Crippen LogP contribution < -0.4 is 10.5 Å². The molecule has 0 bridgehead atoms. The Balaban J connectivity index is 1.84. The van der Waals surface area contributed by atoms with Crippen molar-refractivity contribution in [2.75, 3.05) is 32.5 Å². The van der Waals surface area contributed by atoms with Crippen LogP contribution >= 0.6 is 0 Å². The van der Waals surface area contributed by atoms with Gasteiger partial charge in [-0.3, -0.25) is 9.69 Å². The van der Waals surface area contributed by atoms with Crippen molar-refractivity contribution < 1.29 is 14.3 Å². The van der Waals surface area contributed by atoms with Crippen LogP contribution in [0.3, 0.4) is 0 Å². The second-order valence-corrected chi connectivity index (χ2v) is 4.10. The predicted molar refractivity (Wildman–Crippen MR) is 66.1 cm³/mol. The SMILES string of the molecule is CN1CC(=O)N(CCOc2ccc(N)cc2)C1=O. The van der Waals surface area contributed by atoms with Gasteiger partial charge in [0.2, 0.25) is 5.91 Å². The number of hydrogen-bond acceptors (Lipinski definition) is 4. The first-order valence-electron chi connectivity index (χ1n) is 5.62. The van der Waals surface area contributed by atoms with Crippen molar-refractivity contribution in [1.29, 1.82) is 0 Å². The van der Waals surface area contributed by atoms with Crippen LogP contribution in [0.15, 0.2) is 24.3 Å².